The van der Waals surface area contributed by atoms with Gasteiger partial charge in [-0.3, -0.25) is 9.79 Å². The lowest BCUT2D eigenvalue weighted by molar-refractivity contribution is 0.102. The van der Waals surface area contributed by atoms with Gasteiger partial charge in [0.1, 0.15) is 24.2 Å². The molecule has 0 radical (unpaired) electrons. The van der Waals surface area contributed by atoms with E-state index >= 15 is 0 Å². The van der Waals surface area contributed by atoms with E-state index in [1.165, 1.54) is 6.33 Å². The van der Waals surface area contributed by atoms with Crippen LogP contribution in [0.5, 0.6) is 5.75 Å². The van der Waals surface area contributed by atoms with Crippen molar-refractivity contribution in [2.45, 2.75) is 26.5 Å². The summed E-state index contributed by atoms with van der Waals surface area (Å²) in [5.41, 5.74) is 5.02. The summed E-state index contributed by atoms with van der Waals surface area (Å²) in [6.45, 7) is 4.62. The number of aromatic nitrogens is 4. The quantitative estimate of drug-likeness (QED) is 0.490. The topological polar surface area (TPSA) is 94.3 Å². The molecule has 2 aromatic heterocycles. The highest BCUT2D eigenvalue weighted by molar-refractivity contribution is 6.16. The molecule has 33 heavy (non-hydrogen) atoms. The number of pyridine rings is 1. The van der Waals surface area contributed by atoms with Crippen molar-refractivity contribution >= 4 is 17.4 Å². The van der Waals surface area contributed by atoms with E-state index < -0.39 is 0 Å². The third kappa shape index (κ3) is 4.23. The van der Waals surface area contributed by atoms with E-state index in [4.69, 9.17) is 9.73 Å². The standard InChI is InChI=1S/C25H22N6O2/c1-16(2)33-19-8-7-18-13-28-24(21(18)12-19)17-9-10-27-23(11-17)30-25(32)20-5-3-4-6-22(20)31-15-26-14-29-31/h3-12,14-16H,13H2,1-2H3,(H,27,30,32). The van der Waals surface area contributed by atoms with Gasteiger partial charge < -0.3 is 10.1 Å². The van der Waals surface area contributed by atoms with E-state index in [0.717, 1.165) is 28.2 Å². The fraction of sp³-hybridized carbons (Fsp3) is 0.160. The SMILES string of the molecule is CC(C)Oc1ccc2c(c1)C(c1ccnc(NC(=O)c3ccccc3-n3cncn3)c1)=NC2. The first-order chi connectivity index (χ1) is 16.1. The predicted molar refractivity (Wildman–Crippen MR) is 125 cm³/mol. The molecule has 0 saturated carbocycles. The maximum atomic E-state index is 13.0. The summed E-state index contributed by atoms with van der Waals surface area (Å²) in [7, 11) is 0. The van der Waals surface area contributed by atoms with Crippen molar-refractivity contribution in [1.82, 2.24) is 19.7 Å². The number of para-hydroxylation sites is 1. The molecule has 8 nitrogen and oxygen atoms in total. The molecular weight excluding hydrogens is 416 g/mol. The van der Waals surface area contributed by atoms with E-state index in [1.807, 2.05) is 50.2 Å². The zero-order chi connectivity index (χ0) is 22.8. The lowest BCUT2D eigenvalue weighted by Crippen LogP contribution is -2.16. The number of ether oxygens (including phenoxy) is 1. The smallest absolute Gasteiger partial charge is 0.259 e. The average Bonchev–Trinajstić information content (AvgIpc) is 3.49. The number of benzene rings is 2. The number of hydrogen-bond acceptors (Lipinski definition) is 6. The van der Waals surface area contributed by atoms with Gasteiger partial charge in [-0.2, -0.15) is 5.10 Å². The fourth-order valence-corrected chi connectivity index (χ4v) is 3.78. The molecule has 0 fully saturated rings. The average molecular weight is 438 g/mol. The number of rotatable bonds is 6. The Morgan fingerprint density at radius 1 is 1.12 bits per heavy atom. The van der Waals surface area contributed by atoms with Crippen LogP contribution in [0.2, 0.25) is 0 Å². The molecular formula is C25H22N6O2. The van der Waals surface area contributed by atoms with Crippen LogP contribution in [0.4, 0.5) is 5.82 Å². The second kappa shape index (κ2) is 8.66. The molecule has 1 N–H and O–H groups in total. The Kier molecular flexibility index (Phi) is 5.40. The maximum absolute atomic E-state index is 13.0. The zero-order valence-corrected chi connectivity index (χ0v) is 18.3. The Hall–Kier alpha value is -4.33. The van der Waals surface area contributed by atoms with E-state index in [0.29, 0.717) is 23.6 Å². The van der Waals surface area contributed by atoms with Gasteiger partial charge in [-0.25, -0.2) is 14.6 Å². The minimum atomic E-state index is -0.285. The monoisotopic (exact) mass is 438 g/mol. The lowest BCUT2D eigenvalue weighted by Gasteiger charge is -2.12. The molecule has 1 aliphatic rings. The molecule has 1 amide bonds. The molecule has 0 atom stereocenters. The molecule has 0 unspecified atom stereocenters. The van der Waals surface area contributed by atoms with Crippen molar-refractivity contribution in [3.63, 3.8) is 0 Å². The van der Waals surface area contributed by atoms with E-state index in [2.05, 4.69) is 26.4 Å². The highest BCUT2D eigenvalue weighted by Crippen LogP contribution is 2.28. The van der Waals surface area contributed by atoms with Crippen LogP contribution in [-0.4, -0.2) is 37.5 Å². The van der Waals surface area contributed by atoms with Crippen LogP contribution in [0.25, 0.3) is 5.69 Å². The van der Waals surface area contributed by atoms with Gasteiger partial charge in [-0.1, -0.05) is 18.2 Å². The van der Waals surface area contributed by atoms with E-state index in [9.17, 15) is 4.79 Å². The number of carbonyl (C=O) groups is 1. The minimum absolute atomic E-state index is 0.0907. The number of fused-ring (bicyclic) bond motifs is 1. The maximum Gasteiger partial charge on any atom is 0.259 e. The molecule has 0 bridgehead atoms. The largest absolute Gasteiger partial charge is 0.491 e. The summed E-state index contributed by atoms with van der Waals surface area (Å²) in [5.74, 6) is 0.967. The summed E-state index contributed by atoms with van der Waals surface area (Å²) < 4.78 is 7.41. The molecule has 0 aliphatic carbocycles. The summed E-state index contributed by atoms with van der Waals surface area (Å²) in [6, 6.07) is 17.0. The van der Waals surface area contributed by atoms with Gasteiger partial charge in [-0.15, -0.1) is 0 Å². The zero-order valence-electron chi connectivity index (χ0n) is 18.3. The molecule has 3 heterocycles. The predicted octanol–water partition coefficient (Wildman–Crippen LogP) is 4.05. The number of hydrogen-bond donors (Lipinski definition) is 1. The molecule has 0 spiro atoms. The molecule has 2 aromatic carbocycles. The Labute approximate surface area is 191 Å². The summed E-state index contributed by atoms with van der Waals surface area (Å²) >= 11 is 0. The number of nitrogens with one attached hydrogen (secondary N) is 1. The Morgan fingerprint density at radius 2 is 2.00 bits per heavy atom. The van der Waals surface area contributed by atoms with Gasteiger partial charge >= 0.3 is 0 Å². The highest BCUT2D eigenvalue weighted by atomic mass is 16.5. The molecule has 8 heteroatoms. The minimum Gasteiger partial charge on any atom is -0.491 e. The fourth-order valence-electron chi connectivity index (χ4n) is 3.78. The van der Waals surface area contributed by atoms with E-state index in [1.54, 1.807) is 29.3 Å². The van der Waals surface area contributed by atoms with Crippen LogP contribution in [-0.2, 0) is 6.54 Å². The van der Waals surface area contributed by atoms with Crippen LogP contribution in [0, 0.1) is 0 Å². The first-order valence-corrected chi connectivity index (χ1v) is 10.6. The molecule has 164 valence electrons. The van der Waals surface area contributed by atoms with Gasteiger partial charge in [0.2, 0.25) is 0 Å². The van der Waals surface area contributed by atoms with Gasteiger partial charge in [0, 0.05) is 17.3 Å². The van der Waals surface area contributed by atoms with Crippen molar-refractivity contribution in [3.05, 3.63) is 95.7 Å². The molecule has 0 saturated heterocycles. The lowest BCUT2D eigenvalue weighted by atomic mass is 10.0. The Bertz CT molecular complexity index is 1340. The van der Waals surface area contributed by atoms with Crippen molar-refractivity contribution < 1.29 is 9.53 Å². The number of amides is 1. The van der Waals surface area contributed by atoms with E-state index in [-0.39, 0.29) is 12.0 Å². The van der Waals surface area contributed by atoms with Gasteiger partial charge in [0.25, 0.3) is 5.91 Å². The van der Waals surface area contributed by atoms with Gasteiger partial charge in [0.15, 0.2) is 0 Å². The van der Waals surface area contributed by atoms with Crippen LogP contribution in [0.1, 0.15) is 40.9 Å². The van der Waals surface area contributed by atoms with Crippen molar-refractivity contribution in [2.24, 2.45) is 4.99 Å². The first-order valence-electron chi connectivity index (χ1n) is 10.6. The second-order valence-corrected chi connectivity index (χ2v) is 7.89. The third-order valence-electron chi connectivity index (χ3n) is 5.20. The highest BCUT2D eigenvalue weighted by Gasteiger charge is 2.20. The third-order valence-corrected chi connectivity index (χ3v) is 5.20. The van der Waals surface area contributed by atoms with Crippen LogP contribution >= 0.6 is 0 Å². The summed E-state index contributed by atoms with van der Waals surface area (Å²) in [5, 5.41) is 7.03. The Balaban J connectivity index is 1.41. The number of carbonyl (C=O) groups excluding carboxylic acids is 1. The van der Waals surface area contributed by atoms with Crippen molar-refractivity contribution in [2.75, 3.05) is 5.32 Å². The number of anilines is 1. The van der Waals surface area contributed by atoms with Gasteiger partial charge in [0.05, 0.1) is 29.6 Å². The van der Waals surface area contributed by atoms with Crippen LogP contribution in [0.15, 0.2) is 78.4 Å². The number of aliphatic imine (C=N–C) groups is 1. The summed E-state index contributed by atoms with van der Waals surface area (Å²) in [4.78, 5) is 26.1. The van der Waals surface area contributed by atoms with Crippen molar-refractivity contribution in [1.29, 1.82) is 0 Å². The Morgan fingerprint density at radius 3 is 2.82 bits per heavy atom. The first kappa shape index (κ1) is 20.6. The normalized spacial score (nSPS) is 12.4. The van der Waals surface area contributed by atoms with Crippen LogP contribution < -0.4 is 10.1 Å². The molecule has 4 aromatic rings. The summed E-state index contributed by atoms with van der Waals surface area (Å²) in [6.07, 6.45) is 4.74. The van der Waals surface area contributed by atoms with Gasteiger partial charge in [-0.05, 0) is 55.8 Å². The van der Waals surface area contributed by atoms with Crippen LogP contribution in [0.3, 0.4) is 0 Å². The van der Waals surface area contributed by atoms with Crippen molar-refractivity contribution in [3.8, 4) is 11.4 Å². The molecule has 5 rings (SSSR count). The molecule has 1 aliphatic heterocycles. The number of nitrogens with zero attached hydrogens (tertiary/aromatic N) is 5. The second-order valence-electron chi connectivity index (χ2n) is 7.89.